The predicted octanol–water partition coefficient (Wildman–Crippen LogP) is 2.22. The summed E-state index contributed by atoms with van der Waals surface area (Å²) in [6.45, 7) is 0.871. The highest BCUT2D eigenvalue weighted by Gasteiger charge is 2.28. The van der Waals surface area contributed by atoms with Crippen LogP contribution in [0.2, 0.25) is 0 Å². The van der Waals surface area contributed by atoms with E-state index in [1.54, 1.807) is 0 Å². The lowest BCUT2D eigenvalue weighted by atomic mass is 9.91. The number of nitrogens with zero attached hydrogens (tertiary/aromatic N) is 1. The third-order valence-electron chi connectivity index (χ3n) is 4.26. The maximum absolute atomic E-state index is 10.0. The quantitative estimate of drug-likeness (QED) is 0.885. The lowest BCUT2D eigenvalue weighted by Crippen LogP contribution is -2.37. The summed E-state index contributed by atoms with van der Waals surface area (Å²) in [5.41, 5.74) is 9.52. The van der Waals surface area contributed by atoms with Gasteiger partial charge in [0.15, 0.2) is 0 Å². The van der Waals surface area contributed by atoms with Crippen LogP contribution in [0.3, 0.4) is 0 Å². The summed E-state index contributed by atoms with van der Waals surface area (Å²) in [6.07, 6.45) is 9.43. The fraction of sp³-hybridized carbons (Fsp3) is 0.412. The number of β-amino-alcohol motifs (C(OH)–C–C–N with tert-alkyl or cyclic N) is 1. The van der Waals surface area contributed by atoms with Gasteiger partial charge in [-0.2, -0.15) is 0 Å². The summed E-state index contributed by atoms with van der Waals surface area (Å²) < 4.78 is 0. The van der Waals surface area contributed by atoms with Crippen LogP contribution in [0.25, 0.3) is 0 Å². The van der Waals surface area contributed by atoms with E-state index in [1.807, 2.05) is 0 Å². The predicted molar refractivity (Wildman–Crippen MR) is 82.5 cm³/mol. The molecule has 3 N–H and O–H groups in total. The zero-order valence-electron chi connectivity index (χ0n) is 11.7. The lowest BCUT2D eigenvalue weighted by molar-refractivity contribution is 0.189. The molecule has 1 aromatic carbocycles. The van der Waals surface area contributed by atoms with Gasteiger partial charge in [-0.25, -0.2) is 0 Å². The van der Waals surface area contributed by atoms with E-state index < -0.39 is 6.10 Å². The molecule has 106 valence electrons. The number of benzene rings is 1. The number of fused-ring (bicyclic) bond motifs is 2. The van der Waals surface area contributed by atoms with Crippen molar-refractivity contribution in [2.45, 2.75) is 25.4 Å². The highest BCUT2D eigenvalue weighted by molar-refractivity contribution is 5.60. The third kappa shape index (κ3) is 2.51. The molecule has 3 rings (SSSR count). The minimum atomic E-state index is -0.492. The third-order valence-corrected chi connectivity index (χ3v) is 4.26. The van der Waals surface area contributed by atoms with Crippen molar-refractivity contribution in [3.8, 4) is 0 Å². The number of aliphatic hydroxyl groups excluding tert-OH is 1. The Bertz CT molecular complexity index is 536. The minimum Gasteiger partial charge on any atom is -0.390 e. The molecule has 3 heteroatoms. The van der Waals surface area contributed by atoms with Crippen molar-refractivity contribution in [1.82, 2.24) is 0 Å². The van der Waals surface area contributed by atoms with Crippen LogP contribution < -0.4 is 10.6 Å². The summed E-state index contributed by atoms with van der Waals surface area (Å²) in [4.78, 5) is 2.27. The van der Waals surface area contributed by atoms with Gasteiger partial charge in [0.05, 0.1) is 12.6 Å². The van der Waals surface area contributed by atoms with E-state index in [9.17, 15) is 5.11 Å². The van der Waals surface area contributed by atoms with Gasteiger partial charge < -0.3 is 15.7 Å². The molecule has 0 saturated heterocycles. The van der Waals surface area contributed by atoms with E-state index in [0.717, 1.165) is 12.8 Å². The summed E-state index contributed by atoms with van der Waals surface area (Å²) in [7, 11) is 0. The molecule has 0 amide bonds. The molecule has 2 aliphatic rings. The van der Waals surface area contributed by atoms with Crippen LogP contribution >= 0.6 is 0 Å². The first-order valence-electron chi connectivity index (χ1n) is 7.40. The lowest BCUT2D eigenvalue weighted by Gasteiger charge is -2.33. The second kappa shape index (κ2) is 5.81. The van der Waals surface area contributed by atoms with Gasteiger partial charge in [-0.05, 0) is 37.0 Å². The molecule has 0 spiro atoms. The minimum absolute atomic E-state index is 0.298. The van der Waals surface area contributed by atoms with Crippen molar-refractivity contribution in [2.24, 2.45) is 11.7 Å². The maximum Gasteiger partial charge on any atom is 0.0841 e. The van der Waals surface area contributed by atoms with E-state index >= 15 is 0 Å². The van der Waals surface area contributed by atoms with Gasteiger partial charge in [-0.3, -0.25) is 0 Å². The molecular weight excluding hydrogens is 248 g/mol. The molecule has 0 aromatic heterocycles. The fourth-order valence-corrected chi connectivity index (χ4v) is 3.19. The molecule has 0 fully saturated rings. The number of para-hydroxylation sites is 1. The van der Waals surface area contributed by atoms with Gasteiger partial charge in [-0.15, -0.1) is 0 Å². The van der Waals surface area contributed by atoms with E-state index in [2.05, 4.69) is 47.4 Å². The Balaban J connectivity index is 2.02. The number of aliphatic hydroxyl groups is 1. The van der Waals surface area contributed by atoms with Crippen molar-refractivity contribution in [3.63, 3.8) is 0 Å². The molecule has 1 aliphatic carbocycles. The molecular formula is C17H22N2O. The molecule has 1 heterocycles. The van der Waals surface area contributed by atoms with Crippen molar-refractivity contribution in [3.05, 3.63) is 53.8 Å². The molecule has 20 heavy (non-hydrogen) atoms. The Labute approximate surface area is 120 Å². The molecule has 1 aliphatic heterocycles. The van der Waals surface area contributed by atoms with Gasteiger partial charge in [0.2, 0.25) is 0 Å². The molecule has 0 radical (unpaired) electrons. The maximum atomic E-state index is 10.0. The average molecular weight is 270 g/mol. The number of rotatable bonds is 3. The van der Waals surface area contributed by atoms with Crippen molar-refractivity contribution >= 4 is 5.69 Å². The number of allylic oxidation sites excluding steroid dienone is 4. The van der Waals surface area contributed by atoms with E-state index in [1.165, 1.54) is 23.4 Å². The zero-order chi connectivity index (χ0) is 13.9. The SMILES string of the molecule is NCC(O)CN1C2=CC=CCC2CCc2ccccc21. The smallest absolute Gasteiger partial charge is 0.0841 e. The van der Waals surface area contributed by atoms with Gasteiger partial charge in [0, 0.05) is 23.8 Å². The first-order chi connectivity index (χ1) is 9.79. The molecule has 0 saturated carbocycles. The first kappa shape index (κ1) is 13.4. The average Bonchev–Trinajstić information content (AvgIpc) is 2.65. The standard InChI is InChI=1S/C17H22N2O/c18-11-15(20)12-19-16-7-3-1-5-13(16)9-10-14-6-2-4-8-17(14)19/h1-5,7-8,14-15,20H,6,9-12,18H2. The van der Waals surface area contributed by atoms with Crippen LogP contribution in [-0.2, 0) is 6.42 Å². The molecule has 2 atom stereocenters. The largest absolute Gasteiger partial charge is 0.390 e. The number of aryl methyl sites for hydroxylation is 1. The normalized spacial score (nSPS) is 22.6. The Hall–Kier alpha value is -1.58. The van der Waals surface area contributed by atoms with Crippen LogP contribution in [0.4, 0.5) is 5.69 Å². The van der Waals surface area contributed by atoms with E-state index in [0.29, 0.717) is 19.0 Å². The monoisotopic (exact) mass is 270 g/mol. The van der Waals surface area contributed by atoms with Gasteiger partial charge in [-0.1, -0.05) is 30.4 Å². The van der Waals surface area contributed by atoms with Crippen LogP contribution in [0.15, 0.2) is 48.2 Å². The summed E-state index contributed by atoms with van der Waals surface area (Å²) in [5, 5.41) is 10.0. The summed E-state index contributed by atoms with van der Waals surface area (Å²) in [6, 6.07) is 8.51. The molecule has 0 bridgehead atoms. The Morgan fingerprint density at radius 1 is 1.35 bits per heavy atom. The van der Waals surface area contributed by atoms with Gasteiger partial charge in [0.1, 0.15) is 0 Å². The second-order valence-electron chi connectivity index (χ2n) is 5.62. The number of hydrogen-bond acceptors (Lipinski definition) is 3. The van der Waals surface area contributed by atoms with Crippen LogP contribution in [0.5, 0.6) is 0 Å². The molecule has 1 aromatic rings. The number of nitrogens with two attached hydrogens (primary N) is 1. The highest BCUT2D eigenvalue weighted by atomic mass is 16.3. The zero-order valence-corrected chi connectivity index (χ0v) is 11.7. The van der Waals surface area contributed by atoms with Gasteiger partial charge >= 0.3 is 0 Å². The van der Waals surface area contributed by atoms with Crippen LogP contribution in [0.1, 0.15) is 18.4 Å². The van der Waals surface area contributed by atoms with Crippen molar-refractivity contribution < 1.29 is 5.11 Å². The Morgan fingerprint density at radius 3 is 3.05 bits per heavy atom. The Kier molecular flexibility index (Phi) is 3.90. The fourth-order valence-electron chi connectivity index (χ4n) is 3.19. The summed E-state index contributed by atoms with van der Waals surface area (Å²) in [5.74, 6) is 0.553. The number of hydrogen-bond donors (Lipinski definition) is 2. The highest BCUT2D eigenvalue weighted by Crippen LogP contribution is 2.37. The topological polar surface area (TPSA) is 49.5 Å². The van der Waals surface area contributed by atoms with Crippen LogP contribution in [0, 0.1) is 5.92 Å². The molecule has 2 unspecified atom stereocenters. The number of anilines is 1. The summed E-state index contributed by atoms with van der Waals surface area (Å²) >= 11 is 0. The Morgan fingerprint density at radius 2 is 2.20 bits per heavy atom. The van der Waals surface area contributed by atoms with Crippen LogP contribution in [-0.4, -0.2) is 24.3 Å². The second-order valence-corrected chi connectivity index (χ2v) is 5.62. The first-order valence-corrected chi connectivity index (χ1v) is 7.40. The van der Waals surface area contributed by atoms with Crippen molar-refractivity contribution in [1.29, 1.82) is 0 Å². The molecule has 3 nitrogen and oxygen atoms in total. The van der Waals surface area contributed by atoms with Gasteiger partial charge in [0.25, 0.3) is 0 Å². The van der Waals surface area contributed by atoms with Crippen molar-refractivity contribution in [2.75, 3.05) is 18.0 Å². The van der Waals surface area contributed by atoms with E-state index in [4.69, 9.17) is 5.73 Å². The van der Waals surface area contributed by atoms with E-state index in [-0.39, 0.29) is 0 Å².